The van der Waals surface area contributed by atoms with E-state index in [1.165, 1.54) is 0 Å². The van der Waals surface area contributed by atoms with Gasteiger partial charge in [-0.2, -0.15) is 0 Å². The van der Waals surface area contributed by atoms with Gasteiger partial charge in [0.15, 0.2) is 0 Å². The molecule has 0 saturated carbocycles. The highest BCUT2D eigenvalue weighted by atomic mass is 16.5. The average Bonchev–Trinajstić information content (AvgIpc) is 2.38. The van der Waals surface area contributed by atoms with Gasteiger partial charge in [-0.05, 0) is 17.5 Å². The fourth-order valence-corrected chi connectivity index (χ4v) is 2.71. The molecule has 1 heterocycles. The molecule has 0 radical (unpaired) electrons. The van der Waals surface area contributed by atoms with E-state index in [0.29, 0.717) is 13.0 Å². The Balaban J connectivity index is 2.29. The molecule has 1 N–H and O–H groups in total. The lowest BCUT2D eigenvalue weighted by Crippen LogP contribution is -2.44. The minimum absolute atomic E-state index is 0.0249. The summed E-state index contributed by atoms with van der Waals surface area (Å²) in [4.78, 5) is 23.4. The van der Waals surface area contributed by atoms with Crippen molar-refractivity contribution in [2.75, 3.05) is 7.11 Å². The molecule has 1 aromatic rings. The molecule has 2 atom stereocenters. The van der Waals surface area contributed by atoms with Crippen LogP contribution in [0.3, 0.4) is 0 Å². The molecule has 102 valence electrons. The highest BCUT2D eigenvalue weighted by Crippen LogP contribution is 2.33. The first-order valence-corrected chi connectivity index (χ1v) is 6.57. The molecule has 2 unspecified atom stereocenters. The van der Waals surface area contributed by atoms with Crippen molar-refractivity contribution in [1.82, 2.24) is 5.32 Å². The van der Waals surface area contributed by atoms with Crippen molar-refractivity contribution < 1.29 is 14.3 Å². The maximum absolute atomic E-state index is 11.9. The predicted molar refractivity (Wildman–Crippen MR) is 71.4 cm³/mol. The maximum Gasteiger partial charge on any atom is 0.230 e. The standard InChI is InChI=1S/C15H19NO3/c1-3-12-13(8-14(17)16-15(12)18)11-6-4-5-10(7-11)9-19-2/h4-7,12-13H,3,8-9H2,1-2H3,(H,16,17,18). The number of imide groups is 1. The Kier molecular flexibility index (Phi) is 4.32. The summed E-state index contributed by atoms with van der Waals surface area (Å²) in [5.74, 6) is -0.490. The van der Waals surface area contributed by atoms with Crippen LogP contribution in [0, 0.1) is 5.92 Å². The van der Waals surface area contributed by atoms with E-state index in [-0.39, 0.29) is 23.7 Å². The highest BCUT2D eigenvalue weighted by molar-refractivity contribution is 5.99. The Morgan fingerprint density at radius 1 is 1.37 bits per heavy atom. The third-order valence-electron chi connectivity index (χ3n) is 3.62. The van der Waals surface area contributed by atoms with Crippen LogP contribution in [0.5, 0.6) is 0 Å². The van der Waals surface area contributed by atoms with E-state index >= 15 is 0 Å². The number of rotatable bonds is 4. The lowest BCUT2D eigenvalue weighted by molar-refractivity contribution is -0.137. The van der Waals surface area contributed by atoms with E-state index in [9.17, 15) is 9.59 Å². The zero-order valence-electron chi connectivity index (χ0n) is 11.3. The van der Waals surface area contributed by atoms with Crippen LogP contribution in [0.25, 0.3) is 0 Å². The summed E-state index contributed by atoms with van der Waals surface area (Å²) in [6.07, 6.45) is 1.11. The fraction of sp³-hybridized carbons (Fsp3) is 0.467. The number of amides is 2. The van der Waals surface area contributed by atoms with Gasteiger partial charge in [0.2, 0.25) is 11.8 Å². The van der Waals surface area contributed by atoms with Crippen LogP contribution in [-0.2, 0) is 20.9 Å². The maximum atomic E-state index is 11.9. The van der Waals surface area contributed by atoms with E-state index < -0.39 is 0 Å². The molecular weight excluding hydrogens is 242 g/mol. The van der Waals surface area contributed by atoms with Crippen LogP contribution in [0.2, 0.25) is 0 Å². The van der Waals surface area contributed by atoms with E-state index in [1.54, 1.807) is 7.11 Å². The summed E-state index contributed by atoms with van der Waals surface area (Å²) < 4.78 is 5.12. The third kappa shape index (κ3) is 3.01. The lowest BCUT2D eigenvalue weighted by atomic mass is 9.78. The molecule has 1 saturated heterocycles. The van der Waals surface area contributed by atoms with Gasteiger partial charge in [0.25, 0.3) is 0 Å². The number of hydrogen-bond donors (Lipinski definition) is 1. The summed E-state index contributed by atoms with van der Waals surface area (Å²) in [6, 6.07) is 7.95. The largest absolute Gasteiger partial charge is 0.380 e. The SMILES string of the molecule is CCC1C(=O)NC(=O)CC1c1cccc(COC)c1. The average molecular weight is 261 g/mol. The molecule has 2 rings (SSSR count). The van der Waals surface area contributed by atoms with Gasteiger partial charge in [0, 0.05) is 25.4 Å². The van der Waals surface area contributed by atoms with Crippen molar-refractivity contribution >= 4 is 11.8 Å². The van der Waals surface area contributed by atoms with Crippen LogP contribution in [-0.4, -0.2) is 18.9 Å². The summed E-state index contributed by atoms with van der Waals surface area (Å²) in [7, 11) is 1.65. The van der Waals surface area contributed by atoms with Crippen molar-refractivity contribution in [2.24, 2.45) is 5.92 Å². The van der Waals surface area contributed by atoms with Crippen LogP contribution in [0.15, 0.2) is 24.3 Å². The van der Waals surface area contributed by atoms with Gasteiger partial charge in [-0.1, -0.05) is 31.2 Å². The van der Waals surface area contributed by atoms with Crippen molar-refractivity contribution in [2.45, 2.75) is 32.3 Å². The van der Waals surface area contributed by atoms with Crippen LogP contribution in [0.1, 0.15) is 36.8 Å². The number of hydrogen-bond acceptors (Lipinski definition) is 3. The Morgan fingerprint density at radius 3 is 2.84 bits per heavy atom. The Bertz CT molecular complexity index is 484. The smallest absolute Gasteiger partial charge is 0.230 e. The molecule has 1 fully saturated rings. The summed E-state index contributed by atoms with van der Waals surface area (Å²) in [6.45, 7) is 2.52. The van der Waals surface area contributed by atoms with E-state index in [4.69, 9.17) is 4.74 Å². The number of benzene rings is 1. The predicted octanol–water partition coefficient (Wildman–Crippen LogP) is 1.99. The highest BCUT2D eigenvalue weighted by Gasteiger charge is 2.35. The second-order valence-corrected chi connectivity index (χ2v) is 4.92. The third-order valence-corrected chi connectivity index (χ3v) is 3.62. The van der Waals surface area contributed by atoms with Gasteiger partial charge in [-0.15, -0.1) is 0 Å². The molecule has 0 spiro atoms. The second-order valence-electron chi connectivity index (χ2n) is 4.92. The number of ether oxygens (including phenoxy) is 1. The number of methoxy groups -OCH3 is 1. The van der Waals surface area contributed by atoms with Crippen molar-refractivity contribution in [3.63, 3.8) is 0 Å². The normalized spacial score (nSPS) is 23.3. The first kappa shape index (κ1) is 13.7. The second kappa shape index (κ2) is 5.97. The molecular formula is C15H19NO3. The number of nitrogens with one attached hydrogen (secondary N) is 1. The molecule has 1 aromatic carbocycles. The quantitative estimate of drug-likeness (QED) is 0.843. The van der Waals surface area contributed by atoms with E-state index in [2.05, 4.69) is 5.32 Å². The molecule has 4 heteroatoms. The zero-order chi connectivity index (χ0) is 13.8. The molecule has 2 amide bonds. The van der Waals surface area contributed by atoms with Gasteiger partial charge >= 0.3 is 0 Å². The van der Waals surface area contributed by atoms with Crippen LogP contribution in [0.4, 0.5) is 0 Å². The van der Waals surface area contributed by atoms with E-state index in [1.807, 2.05) is 31.2 Å². The van der Waals surface area contributed by atoms with Gasteiger partial charge in [-0.3, -0.25) is 14.9 Å². The van der Waals surface area contributed by atoms with E-state index in [0.717, 1.165) is 17.5 Å². The first-order chi connectivity index (χ1) is 9.15. The molecule has 4 nitrogen and oxygen atoms in total. The van der Waals surface area contributed by atoms with Gasteiger partial charge < -0.3 is 4.74 Å². The molecule has 0 bridgehead atoms. The van der Waals surface area contributed by atoms with Crippen molar-refractivity contribution in [3.05, 3.63) is 35.4 Å². The van der Waals surface area contributed by atoms with Gasteiger partial charge in [0.1, 0.15) is 0 Å². The topological polar surface area (TPSA) is 55.4 Å². The summed E-state index contributed by atoms with van der Waals surface area (Å²) in [5, 5.41) is 2.42. The minimum Gasteiger partial charge on any atom is -0.380 e. The summed E-state index contributed by atoms with van der Waals surface area (Å²) >= 11 is 0. The monoisotopic (exact) mass is 261 g/mol. The van der Waals surface area contributed by atoms with Crippen LogP contribution >= 0.6 is 0 Å². The zero-order valence-corrected chi connectivity index (χ0v) is 11.3. The minimum atomic E-state index is -0.183. The molecule has 19 heavy (non-hydrogen) atoms. The summed E-state index contributed by atoms with van der Waals surface area (Å²) in [5.41, 5.74) is 2.11. The Hall–Kier alpha value is -1.68. The number of carbonyl (C=O) groups excluding carboxylic acids is 2. The van der Waals surface area contributed by atoms with Crippen molar-refractivity contribution in [1.29, 1.82) is 0 Å². The van der Waals surface area contributed by atoms with Gasteiger partial charge in [-0.25, -0.2) is 0 Å². The molecule has 0 aromatic heterocycles. The van der Waals surface area contributed by atoms with Crippen molar-refractivity contribution in [3.8, 4) is 0 Å². The molecule has 0 aliphatic carbocycles. The lowest BCUT2D eigenvalue weighted by Gasteiger charge is -2.29. The number of carbonyl (C=O) groups is 2. The Morgan fingerprint density at radius 2 is 2.16 bits per heavy atom. The van der Waals surface area contributed by atoms with Gasteiger partial charge in [0.05, 0.1) is 6.61 Å². The molecule has 1 aliphatic rings. The fourth-order valence-electron chi connectivity index (χ4n) is 2.71. The van der Waals surface area contributed by atoms with Crippen LogP contribution < -0.4 is 5.32 Å². The Labute approximate surface area is 113 Å². The first-order valence-electron chi connectivity index (χ1n) is 6.57. The molecule has 1 aliphatic heterocycles. The number of piperidine rings is 1.